The van der Waals surface area contributed by atoms with E-state index in [4.69, 9.17) is 4.74 Å². The normalized spacial score (nSPS) is 10.9. The Kier molecular flexibility index (Phi) is 22.6. The standard InChI is InChI=1S/C27H51N3O4/c1-4-5-6-7-8-9-10-11-12-13-14-15-16-17-18-19-20-21-22-34-27(33)30(23-25(31)28-2)24-26(32)29-3/h11-12H,4-10,13-24H2,1-3H3,(H,28,31)(H,29,32)/b12-11+. The quantitative estimate of drug-likeness (QED) is 0.153. The van der Waals surface area contributed by atoms with Gasteiger partial charge in [-0.15, -0.1) is 0 Å². The monoisotopic (exact) mass is 481 g/mol. The van der Waals surface area contributed by atoms with Gasteiger partial charge in [0.1, 0.15) is 13.1 Å². The van der Waals surface area contributed by atoms with E-state index in [-0.39, 0.29) is 24.9 Å². The van der Waals surface area contributed by atoms with Gasteiger partial charge in [0.15, 0.2) is 0 Å². The van der Waals surface area contributed by atoms with Gasteiger partial charge in [-0.2, -0.15) is 0 Å². The molecule has 0 heterocycles. The third-order valence-electron chi connectivity index (χ3n) is 5.87. The minimum Gasteiger partial charge on any atom is -0.449 e. The molecule has 0 aliphatic rings. The average molecular weight is 482 g/mol. The topological polar surface area (TPSA) is 87.7 Å². The first kappa shape index (κ1) is 31.9. The number of hydrogen-bond donors (Lipinski definition) is 2. The van der Waals surface area contributed by atoms with Crippen molar-refractivity contribution in [1.82, 2.24) is 15.5 Å². The second-order valence-electron chi connectivity index (χ2n) is 8.96. The molecule has 0 saturated heterocycles. The molecule has 0 saturated carbocycles. The van der Waals surface area contributed by atoms with Gasteiger partial charge in [0.05, 0.1) is 6.61 Å². The van der Waals surface area contributed by atoms with E-state index in [0.29, 0.717) is 6.61 Å². The first-order valence-electron chi connectivity index (χ1n) is 13.5. The largest absolute Gasteiger partial charge is 0.449 e. The summed E-state index contributed by atoms with van der Waals surface area (Å²) < 4.78 is 5.24. The number of ether oxygens (including phenoxy) is 1. The summed E-state index contributed by atoms with van der Waals surface area (Å²) in [7, 11) is 2.97. The van der Waals surface area contributed by atoms with Crippen LogP contribution in [0.5, 0.6) is 0 Å². The van der Waals surface area contributed by atoms with Crippen LogP contribution in [0.25, 0.3) is 0 Å². The zero-order valence-electron chi connectivity index (χ0n) is 22.2. The molecule has 0 aromatic carbocycles. The summed E-state index contributed by atoms with van der Waals surface area (Å²) in [6.07, 6.45) is 24.0. The van der Waals surface area contributed by atoms with Crippen molar-refractivity contribution < 1.29 is 19.1 Å². The molecule has 0 aliphatic carbocycles. The van der Waals surface area contributed by atoms with Crippen molar-refractivity contribution >= 4 is 17.9 Å². The molecule has 198 valence electrons. The van der Waals surface area contributed by atoms with Gasteiger partial charge in [0.25, 0.3) is 0 Å². The molecular weight excluding hydrogens is 430 g/mol. The fourth-order valence-corrected chi connectivity index (χ4v) is 3.64. The van der Waals surface area contributed by atoms with E-state index in [9.17, 15) is 14.4 Å². The maximum atomic E-state index is 12.2. The van der Waals surface area contributed by atoms with Crippen molar-refractivity contribution in [2.75, 3.05) is 33.8 Å². The van der Waals surface area contributed by atoms with Crippen LogP contribution in [0.15, 0.2) is 12.2 Å². The van der Waals surface area contributed by atoms with Gasteiger partial charge in [-0.25, -0.2) is 4.79 Å². The van der Waals surface area contributed by atoms with Crippen molar-refractivity contribution in [1.29, 1.82) is 0 Å². The Labute approximate surface area is 208 Å². The van der Waals surface area contributed by atoms with E-state index >= 15 is 0 Å². The number of amides is 3. The molecule has 0 unspecified atom stereocenters. The van der Waals surface area contributed by atoms with Gasteiger partial charge < -0.3 is 15.4 Å². The highest BCUT2D eigenvalue weighted by Crippen LogP contribution is 2.11. The van der Waals surface area contributed by atoms with Crippen LogP contribution in [-0.4, -0.2) is 56.6 Å². The fraction of sp³-hybridized carbons (Fsp3) is 0.815. The molecule has 2 N–H and O–H groups in total. The van der Waals surface area contributed by atoms with Gasteiger partial charge in [0, 0.05) is 14.1 Å². The molecule has 0 atom stereocenters. The maximum absolute atomic E-state index is 12.2. The molecule has 0 aromatic rings. The molecule has 0 fully saturated rings. The average Bonchev–Trinajstić information content (AvgIpc) is 2.84. The van der Waals surface area contributed by atoms with E-state index < -0.39 is 6.09 Å². The second-order valence-corrected chi connectivity index (χ2v) is 8.96. The molecule has 7 heteroatoms. The number of likely N-dealkylation sites (N-methyl/N-ethyl adjacent to an activating group) is 2. The van der Waals surface area contributed by atoms with Crippen LogP contribution < -0.4 is 10.6 Å². The lowest BCUT2D eigenvalue weighted by Crippen LogP contribution is -2.45. The summed E-state index contributed by atoms with van der Waals surface area (Å²) in [5.74, 6) is -0.685. The molecule has 0 rings (SSSR count). The lowest BCUT2D eigenvalue weighted by molar-refractivity contribution is -0.124. The van der Waals surface area contributed by atoms with Crippen LogP contribution in [0, 0.1) is 0 Å². The number of nitrogens with zero attached hydrogens (tertiary/aromatic N) is 1. The summed E-state index contributed by atoms with van der Waals surface area (Å²) >= 11 is 0. The third kappa shape index (κ3) is 20.5. The molecule has 0 aliphatic heterocycles. The fourth-order valence-electron chi connectivity index (χ4n) is 3.64. The van der Waals surface area contributed by atoms with Gasteiger partial charge >= 0.3 is 6.09 Å². The molecule has 0 bridgehead atoms. The minimum absolute atomic E-state index is 0.197. The number of rotatable bonds is 22. The SMILES string of the molecule is CCCCCCCC/C=C/CCCCCCCCCCOC(=O)N(CC(=O)NC)CC(=O)NC. The lowest BCUT2D eigenvalue weighted by Gasteiger charge is -2.20. The Morgan fingerprint density at radius 3 is 1.50 bits per heavy atom. The number of carbonyl (C=O) groups excluding carboxylic acids is 3. The van der Waals surface area contributed by atoms with Crippen LogP contribution in [0.3, 0.4) is 0 Å². The molecule has 3 amide bonds. The minimum atomic E-state index is -0.631. The van der Waals surface area contributed by atoms with Crippen molar-refractivity contribution in [3.8, 4) is 0 Å². The van der Waals surface area contributed by atoms with Gasteiger partial charge in [-0.05, 0) is 32.1 Å². The van der Waals surface area contributed by atoms with Crippen molar-refractivity contribution in [2.24, 2.45) is 0 Å². The predicted molar refractivity (Wildman–Crippen MR) is 140 cm³/mol. The Bertz CT molecular complexity index is 534. The maximum Gasteiger partial charge on any atom is 0.410 e. The van der Waals surface area contributed by atoms with Gasteiger partial charge in [0.2, 0.25) is 11.8 Å². The number of unbranched alkanes of at least 4 members (excludes halogenated alkanes) is 14. The van der Waals surface area contributed by atoms with Crippen molar-refractivity contribution in [3.05, 3.63) is 12.2 Å². The van der Waals surface area contributed by atoms with Crippen LogP contribution >= 0.6 is 0 Å². The zero-order valence-corrected chi connectivity index (χ0v) is 22.2. The molecule has 0 spiro atoms. The van der Waals surface area contributed by atoms with E-state index in [0.717, 1.165) is 24.2 Å². The highest BCUT2D eigenvalue weighted by Gasteiger charge is 2.20. The third-order valence-corrected chi connectivity index (χ3v) is 5.87. The zero-order chi connectivity index (χ0) is 25.3. The Hall–Kier alpha value is -2.05. The Balaban J connectivity index is 3.59. The van der Waals surface area contributed by atoms with Gasteiger partial charge in [-0.3, -0.25) is 14.5 Å². The first-order valence-corrected chi connectivity index (χ1v) is 13.5. The highest BCUT2D eigenvalue weighted by atomic mass is 16.6. The molecule has 7 nitrogen and oxygen atoms in total. The molecule has 0 aromatic heterocycles. The molecule has 34 heavy (non-hydrogen) atoms. The lowest BCUT2D eigenvalue weighted by atomic mass is 10.1. The smallest absolute Gasteiger partial charge is 0.410 e. The first-order chi connectivity index (χ1) is 16.5. The number of nitrogens with one attached hydrogen (secondary N) is 2. The Morgan fingerprint density at radius 2 is 1.06 bits per heavy atom. The summed E-state index contributed by atoms with van der Waals surface area (Å²) in [6.45, 7) is 2.18. The second kappa shape index (κ2) is 24.1. The van der Waals surface area contributed by atoms with Crippen LogP contribution in [0.4, 0.5) is 4.79 Å². The molecule has 0 radical (unpaired) electrons. The van der Waals surface area contributed by atoms with Crippen LogP contribution in [-0.2, 0) is 14.3 Å². The number of allylic oxidation sites excluding steroid dienone is 2. The van der Waals surface area contributed by atoms with E-state index in [1.54, 1.807) is 0 Å². The molecular formula is C27H51N3O4. The van der Waals surface area contributed by atoms with Gasteiger partial charge in [-0.1, -0.05) is 89.7 Å². The Morgan fingerprint density at radius 1 is 0.647 bits per heavy atom. The predicted octanol–water partition coefficient (Wildman–Crippen LogP) is 5.73. The van der Waals surface area contributed by atoms with Crippen LogP contribution in [0.1, 0.15) is 110 Å². The van der Waals surface area contributed by atoms with Crippen molar-refractivity contribution in [2.45, 2.75) is 110 Å². The summed E-state index contributed by atoms with van der Waals surface area (Å²) in [5, 5.41) is 4.89. The van der Waals surface area contributed by atoms with E-state index in [2.05, 4.69) is 29.7 Å². The van der Waals surface area contributed by atoms with Crippen LogP contribution in [0.2, 0.25) is 0 Å². The summed E-state index contributed by atoms with van der Waals surface area (Å²) in [5.41, 5.74) is 0. The number of carbonyl (C=O) groups is 3. The summed E-state index contributed by atoms with van der Waals surface area (Å²) in [6, 6.07) is 0. The highest BCUT2D eigenvalue weighted by molar-refractivity contribution is 5.86. The van der Waals surface area contributed by atoms with E-state index in [1.165, 1.54) is 97.6 Å². The number of hydrogen-bond acceptors (Lipinski definition) is 4. The summed E-state index contributed by atoms with van der Waals surface area (Å²) in [4.78, 5) is 36.4. The van der Waals surface area contributed by atoms with E-state index in [1.807, 2.05) is 0 Å². The van der Waals surface area contributed by atoms with Crippen molar-refractivity contribution in [3.63, 3.8) is 0 Å².